The van der Waals surface area contributed by atoms with Gasteiger partial charge in [-0.2, -0.15) is 0 Å². The van der Waals surface area contributed by atoms with Crippen molar-refractivity contribution in [2.75, 3.05) is 17.2 Å². The number of ether oxygens (including phenoxy) is 1. The van der Waals surface area contributed by atoms with E-state index >= 15 is 0 Å². The van der Waals surface area contributed by atoms with E-state index in [9.17, 15) is 9.59 Å². The summed E-state index contributed by atoms with van der Waals surface area (Å²) in [6, 6.07) is 12.6. The summed E-state index contributed by atoms with van der Waals surface area (Å²) in [5.74, 6) is 0.324. The molecule has 2 aromatic carbocycles. The minimum atomic E-state index is -0.190. The maximum absolute atomic E-state index is 12.2. The van der Waals surface area contributed by atoms with Crippen LogP contribution in [0.3, 0.4) is 0 Å². The molecule has 0 spiro atoms. The Morgan fingerprint density at radius 3 is 2.91 bits per heavy atom. The summed E-state index contributed by atoms with van der Waals surface area (Å²) < 4.78 is 5.48. The molecule has 0 unspecified atom stereocenters. The van der Waals surface area contributed by atoms with Crippen LogP contribution in [0.5, 0.6) is 5.75 Å². The van der Waals surface area contributed by atoms with Gasteiger partial charge in [-0.3, -0.25) is 9.59 Å². The lowest BCUT2D eigenvalue weighted by molar-refractivity contribution is -0.116. The maximum Gasteiger partial charge on any atom is 0.255 e. The molecule has 1 aliphatic heterocycles. The van der Waals surface area contributed by atoms with Crippen LogP contribution in [-0.2, 0) is 4.79 Å². The second-order valence-electron chi connectivity index (χ2n) is 5.18. The van der Waals surface area contributed by atoms with Gasteiger partial charge < -0.3 is 15.4 Å². The summed E-state index contributed by atoms with van der Waals surface area (Å²) in [6.45, 7) is 2.29. The van der Waals surface area contributed by atoms with Crippen molar-refractivity contribution < 1.29 is 14.3 Å². The first-order chi connectivity index (χ1) is 10.6. The van der Waals surface area contributed by atoms with Crippen molar-refractivity contribution in [2.45, 2.75) is 13.3 Å². The van der Waals surface area contributed by atoms with Crippen LogP contribution in [0.25, 0.3) is 0 Å². The van der Waals surface area contributed by atoms with Gasteiger partial charge in [-0.1, -0.05) is 17.7 Å². The highest BCUT2D eigenvalue weighted by atomic mass is 16.5. The number of rotatable bonds is 2. The Balaban J connectivity index is 1.81. The van der Waals surface area contributed by atoms with Gasteiger partial charge in [0, 0.05) is 11.3 Å². The quantitative estimate of drug-likeness (QED) is 0.895. The summed E-state index contributed by atoms with van der Waals surface area (Å²) >= 11 is 0. The van der Waals surface area contributed by atoms with Crippen molar-refractivity contribution in [3.05, 3.63) is 53.6 Å². The average Bonchev–Trinajstić information content (AvgIpc) is 2.67. The molecular weight excluding hydrogens is 280 g/mol. The van der Waals surface area contributed by atoms with E-state index in [0.29, 0.717) is 35.7 Å². The molecule has 2 amide bonds. The SMILES string of the molecule is Cc1cccc(C(=O)Nc2ccc3c(c2)NC(=O)CCO3)c1. The Hall–Kier alpha value is -2.82. The molecule has 0 saturated heterocycles. The summed E-state index contributed by atoms with van der Waals surface area (Å²) in [7, 11) is 0. The zero-order valence-electron chi connectivity index (χ0n) is 12.2. The van der Waals surface area contributed by atoms with Crippen LogP contribution in [0.1, 0.15) is 22.3 Å². The molecule has 2 N–H and O–H groups in total. The number of amides is 2. The van der Waals surface area contributed by atoms with Crippen LogP contribution in [0, 0.1) is 6.92 Å². The van der Waals surface area contributed by atoms with Crippen LogP contribution >= 0.6 is 0 Å². The summed E-state index contributed by atoms with van der Waals surface area (Å²) in [5, 5.41) is 5.59. The van der Waals surface area contributed by atoms with E-state index in [1.807, 2.05) is 25.1 Å². The molecule has 22 heavy (non-hydrogen) atoms. The number of anilines is 2. The third-order valence-electron chi connectivity index (χ3n) is 3.38. The van der Waals surface area contributed by atoms with E-state index in [2.05, 4.69) is 10.6 Å². The number of nitrogens with one attached hydrogen (secondary N) is 2. The van der Waals surface area contributed by atoms with Crippen molar-refractivity contribution in [1.29, 1.82) is 0 Å². The maximum atomic E-state index is 12.2. The predicted octanol–water partition coefficient (Wildman–Crippen LogP) is 2.97. The van der Waals surface area contributed by atoms with E-state index in [1.165, 1.54) is 0 Å². The lowest BCUT2D eigenvalue weighted by atomic mass is 10.1. The standard InChI is InChI=1S/C17H16N2O3/c1-11-3-2-4-12(9-11)17(21)18-13-5-6-15-14(10-13)19-16(20)7-8-22-15/h2-6,9-10H,7-8H2,1H3,(H,18,21)(H,19,20). The summed E-state index contributed by atoms with van der Waals surface area (Å²) in [6.07, 6.45) is 0.319. The van der Waals surface area contributed by atoms with Gasteiger partial charge in [-0.25, -0.2) is 0 Å². The normalized spacial score (nSPS) is 13.4. The zero-order valence-corrected chi connectivity index (χ0v) is 12.2. The molecule has 5 nitrogen and oxygen atoms in total. The lowest BCUT2D eigenvalue weighted by Crippen LogP contribution is -2.13. The van der Waals surface area contributed by atoms with Crippen LogP contribution in [0.15, 0.2) is 42.5 Å². The van der Waals surface area contributed by atoms with E-state index in [4.69, 9.17) is 4.74 Å². The highest BCUT2D eigenvalue weighted by molar-refractivity contribution is 6.05. The Kier molecular flexibility index (Phi) is 3.78. The van der Waals surface area contributed by atoms with E-state index < -0.39 is 0 Å². The molecule has 1 heterocycles. The largest absolute Gasteiger partial charge is 0.491 e. The van der Waals surface area contributed by atoms with Gasteiger partial charge in [0.1, 0.15) is 5.75 Å². The number of hydrogen-bond donors (Lipinski definition) is 2. The monoisotopic (exact) mass is 296 g/mol. The first-order valence-electron chi connectivity index (χ1n) is 7.06. The van der Waals surface area contributed by atoms with Crippen LogP contribution in [0.4, 0.5) is 11.4 Å². The third-order valence-corrected chi connectivity index (χ3v) is 3.38. The Labute approximate surface area is 128 Å². The zero-order chi connectivity index (χ0) is 15.5. The second-order valence-corrected chi connectivity index (χ2v) is 5.18. The van der Waals surface area contributed by atoms with Crippen molar-refractivity contribution >= 4 is 23.2 Å². The van der Waals surface area contributed by atoms with Crippen molar-refractivity contribution in [3.8, 4) is 5.75 Å². The van der Waals surface area contributed by atoms with Gasteiger partial charge in [0.15, 0.2) is 0 Å². The predicted molar refractivity (Wildman–Crippen MR) is 84.3 cm³/mol. The summed E-state index contributed by atoms with van der Waals surface area (Å²) in [5.41, 5.74) is 2.80. The molecule has 0 radical (unpaired) electrons. The molecule has 0 aliphatic carbocycles. The number of carbonyl (C=O) groups is 2. The first-order valence-corrected chi connectivity index (χ1v) is 7.06. The Bertz CT molecular complexity index is 740. The van der Waals surface area contributed by atoms with Crippen LogP contribution in [0.2, 0.25) is 0 Å². The van der Waals surface area contributed by atoms with Crippen molar-refractivity contribution in [2.24, 2.45) is 0 Å². The first kappa shape index (κ1) is 14.1. The fourth-order valence-electron chi connectivity index (χ4n) is 2.29. The smallest absolute Gasteiger partial charge is 0.255 e. The topological polar surface area (TPSA) is 67.4 Å². The second kappa shape index (κ2) is 5.89. The fraction of sp³-hybridized carbons (Fsp3) is 0.176. The fourth-order valence-corrected chi connectivity index (χ4v) is 2.29. The highest BCUT2D eigenvalue weighted by Gasteiger charge is 2.15. The van der Waals surface area contributed by atoms with Gasteiger partial charge >= 0.3 is 0 Å². The molecular formula is C17H16N2O3. The van der Waals surface area contributed by atoms with Gasteiger partial charge in [0.25, 0.3) is 5.91 Å². The number of hydrogen-bond acceptors (Lipinski definition) is 3. The van der Waals surface area contributed by atoms with Crippen LogP contribution < -0.4 is 15.4 Å². The van der Waals surface area contributed by atoms with Gasteiger partial charge in [-0.15, -0.1) is 0 Å². The minimum Gasteiger partial charge on any atom is -0.491 e. The van der Waals surface area contributed by atoms with E-state index in [-0.39, 0.29) is 11.8 Å². The Morgan fingerprint density at radius 1 is 1.23 bits per heavy atom. The number of carbonyl (C=O) groups excluding carboxylic acids is 2. The molecule has 2 aromatic rings. The molecule has 0 aromatic heterocycles. The molecule has 0 bridgehead atoms. The average molecular weight is 296 g/mol. The summed E-state index contributed by atoms with van der Waals surface area (Å²) in [4.78, 5) is 23.8. The molecule has 112 valence electrons. The van der Waals surface area contributed by atoms with Gasteiger partial charge in [-0.05, 0) is 37.3 Å². The van der Waals surface area contributed by atoms with Gasteiger partial charge in [0.05, 0.1) is 18.7 Å². The number of aryl methyl sites for hydroxylation is 1. The molecule has 5 heteroatoms. The molecule has 3 rings (SSSR count). The van der Waals surface area contributed by atoms with E-state index in [0.717, 1.165) is 5.56 Å². The molecule has 0 fully saturated rings. The Morgan fingerprint density at radius 2 is 2.09 bits per heavy atom. The third kappa shape index (κ3) is 3.09. The van der Waals surface area contributed by atoms with E-state index in [1.54, 1.807) is 24.3 Å². The number of benzene rings is 2. The highest BCUT2D eigenvalue weighted by Crippen LogP contribution is 2.30. The van der Waals surface area contributed by atoms with Crippen LogP contribution in [-0.4, -0.2) is 18.4 Å². The molecule has 0 saturated carbocycles. The van der Waals surface area contributed by atoms with Crippen molar-refractivity contribution in [1.82, 2.24) is 0 Å². The molecule has 1 aliphatic rings. The molecule has 0 atom stereocenters. The van der Waals surface area contributed by atoms with Crippen molar-refractivity contribution in [3.63, 3.8) is 0 Å². The minimum absolute atomic E-state index is 0.0964. The lowest BCUT2D eigenvalue weighted by Gasteiger charge is -2.11. The number of fused-ring (bicyclic) bond motifs is 1. The van der Waals surface area contributed by atoms with Gasteiger partial charge in [0.2, 0.25) is 5.91 Å².